The zero-order chi connectivity index (χ0) is 14.1. The lowest BCUT2D eigenvalue weighted by molar-refractivity contribution is 0.619. The molecule has 0 aliphatic heterocycles. The first kappa shape index (κ1) is 13.1. The van der Waals surface area contributed by atoms with E-state index < -0.39 is 0 Å². The van der Waals surface area contributed by atoms with E-state index in [1.807, 2.05) is 30.3 Å². The summed E-state index contributed by atoms with van der Waals surface area (Å²) in [6, 6.07) is 15.9. The Morgan fingerprint density at radius 2 is 1.85 bits per heavy atom. The molecular formula is C16H11BrFNO. The molecule has 1 aromatic heterocycles. The van der Waals surface area contributed by atoms with Crippen LogP contribution in [-0.2, 0) is 6.54 Å². The third-order valence-corrected chi connectivity index (χ3v) is 3.83. The largest absolute Gasteiger partial charge is 0.304 e. The minimum Gasteiger partial charge on any atom is -0.304 e. The zero-order valence-electron chi connectivity index (χ0n) is 10.5. The van der Waals surface area contributed by atoms with Gasteiger partial charge in [-0.3, -0.25) is 4.79 Å². The highest BCUT2D eigenvalue weighted by Gasteiger charge is 2.05. The smallest absolute Gasteiger partial charge is 0.251 e. The highest BCUT2D eigenvalue weighted by atomic mass is 79.9. The lowest BCUT2D eigenvalue weighted by atomic mass is 10.2. The fourth-order valence-corrected chi connectivity index (χ4v) is 2.65. The molecule has 0 atom stereocenters. The first-order valence-electron chi connectivity index (χ1n) is 6.18. The van der Waals surface area contributed by atoms with E-state index in [1.165, 1.54) is 6.07 Å². The van der Waals surface area contributed by atoms with Gasteiger partial charge in [-0.2, -0.15) is 0 Å². The zero-order valence-corrected chi connectivity index (χ0v) is 12.1. The number of aromatic nitrogens is 1. The van der Waals surface area contributed by atoms with Gasteiger partial charge in [0.25, 0.3) is 5.56 Å². The molecule has 4 heteroatoms. The second-order valence-electron chi connectivity index (χ2n) is 4.56. The number of nitrogens with zero attached hydrogens (tertiary/aromatic N) is 1. The number of para-hydroxylation sites is 1. The summed E-state index contributed by atoms with van der Waals surface area (Å²) >= 11 is 3.17. The van der Waals surface area contributed by atoms with Gasteiger partial charge in [-0.25, -0.2) is 4.39 Å². The van der Waals surface area contributed by atoms with Crippen LogP contribution in [-0.4, -0.2) is 4.57 Å². The van der Waals surface area contributed by atoms with Crippen LogP contribution in [0.25, 0.3) is 10.9 Å². The Bertz CT molecular complexity index is 841. The molecule has 3 aromatic rings. The first-order chi connectivity index (χ1) is 9.65. The topological polar surface area (TPSA) is 22.0 Å². The molecule has 0 amide bonds. The molecule has 0 unspecified atom stereocenters. The van der Waals surface area contributed by atoms with Crippen LogP contribution in [0.1, 0.15) is 5.56 Å². The van der Waals surface area contributed by atoms with Gasteiger partial charge in [0.1, 0.15) is 5.82 Å². The Morgan fingerprint density at radius 3 is 2.65 bits per heavy atom. The van der Waals surface area contributed by atoms with E-state index in [0.29, 0.717) is 11.0 Å². The predicted molar refractivity (Wildman–Crippen MR) is 81.4 cm³/mol. The predicted octanol–water partition coefficient (Wildman–Crippen LogP) is 3.95. The Balaban J connectivity index is 2.12. The number of pyridine rings is 1. The molecule has 0 saturated heterocycles. The van der Waals surface area contributed by atoms with Gasteiger partial charge in [0.05, 0.1) is 16.5 Å². The molecule has 3 rings (SSSR count). The van der Waals surface area contributed by atoms with Crippen LogP contribution in [0.5, 0.6) is 0 Å². The van der Waals surface area contributed by atoms with E-state index in [-0.39, 0.29) is 11.4 Å². The second-order valence-corrected chi connectivity index (χ2v) is 5.42. The molecule has 20 heavy (non-hydrogen) atoms. The molecule has 0 N–H and O–H groups in total. The van der Waals surface area contributed by atoms with Gasteiger partial charge in [0, 0.05) is 6.07 Å². The van der Waals surface area contributed by atoms with Crippen molar-refractivity contribution in [1.82, 2.24) is 4.57 Å². The van der Waals surface area contributed by atoms with Crippen molar-refractivity contribution in [3.05, 3.63) is 80.8 Å². The van der Waals surface area contributed by atoms with Crippen molar-refractivity contribution >= 4 is 26.8 Å². The SMILES string of the molecule is O=c1ccc2ccccc2n1Cc1ccc(F)c(Br)c1. The van der Waals surface area contributed by atoms with E-state index in [9.17, 15) is 9.18 Å². The summed E-state index contributed by atoms with van der Waals surface area (Å²) in [6.07, 6.45) is 0. The van der Waals surface area contributed by atoms with Crippen molar-refractivity contribution in [2.24, 2.45) is 0 Å². The fourth-order valence-electron chi connectivity index (χ4n) is 2.23. The molecule has 0 aliphatic rings. The van der Waals surface area contributed by atoms with E-state index in [2.05, 4.69) is 15.9 Å². The molecule has 0 fully saturated rings. The van der Waals surface area contributed by atoms with Crippen molar-refractivity contribution in [2.45, 2.75) is 6.54 Å². The Hall–Kier alpha value is -1.94. The second kappa shape index (κ2) is 5.21. The van der Waals surface area contributed by atoms with Crippen LogP contribution in [0.3, 0.4) is 0 Å². The van der Waals surface area contributed by atoms with Crippen molar-refractivity contribution in [3.63, 3.8) is 0 Å². The highest BCUT2D eigenvalue weighted by molar-refractivity contribution is 9.10. The van der Waals surface area contributed by atoms with Gasteiger partial charge in [0.2, 0.25) is 0 Å². The monoisotopic (exact) mass is 331 g/mol. The maximum Gasteiger partial charge on any atom is 0.251 e. The third-order valence-electron chi connectivity index (χ3n) is 3.22. The number of rotatable bonds is 2. The molecular weight excluding hydrogens is 321 g/mol. The van der Waals surface area contributed by atoms with E-state index in [0.717, 1.165) is 16.5 Å². The Labute approximate surface area is 123 Å². The molecule has 0 saturated carbocycles. The van der Waals surface area contributed by atoms with Gasteiger partial charge in [0.15, 0.2) is 0 Å². The molecule has 2 nitrogen and oxygen atoms in total. The van der Waals surface area contributed by atoms with Crippen LogP contribution in [0.4, 0.5) is 4.39 Å². The van der Waals surface area contributed by atoms with Gasteiger partial charge in [-0.1, -0.05) is 24.3 Å². The van der Waals surface area contributed by atoms with Crippen molar-refractivity contribution in [2.75, 3.05) is 0 Å². The molecule has 1 heterocycles. The Kier molecular flexibility index (Phi) is 3.40. The van der Waals surface area contributed by atoms with Gasteiger partial charge in [-0.05, 0) is 51.1 Å². The average molecular weight is 332 g/mol. The number of benzene rings is 2. The molecule has 0 radical (unpaired) electrons. The molecule has 0 bridgehead atoms. The minimum absolute atomic E-state index is 0.0656. The molecule has 0 spiro atoms. The summed E-state index contributed by atoms with van der Waals surface area (Å²) in [5.74, 6) is -0.306. The van der Waals surface area contributed by atoms with Crippen LogP contribution in [0.15, 0.2) is 63.9 Å². The Morgan fingerprint density at radius 1 is 1.05 bits per heavy atom. The lowest BCUT2D eigenvalue weighted by Gasteiger charge is -2.10. The van der Waals surface area contributed by atoms with Crippen molar-refractivity contribution in [3.8, 4) is 0 Å². The molecule has 2 aromatic carbocycles. The third kappa shape index (κ3) is 2.39. The van der Waals surface area contributed by atoms with E-state index >= 15 is 0 Å². The van der Waals surface area contributed by atoms with Gasteiger partial charge < -0.3 is 4.57 Å². The molecule has 0 aliphatic carbocycles. The number of hydrogen-bond acceptors (Lipinski definition) is 1. The van der Waals surface area contributed by atoms with Crippen LogP contribution in [0.2, 0.25) is 0 Å². The van der Waals surface area contributed by atoms with Crippen LogP contribution < -0.4 is 5.56 Å². The standard InChI is InChI=1S/C16H11BrFNO/c17-13-9-11(5-7-14(13)18)10-19-15-4-2-1-3-12(15)6-8-16(19)20/h1-9H,10H2. The maximum atomic E-state index is 13.3. The minimum atomic E-state index is -0.306. The van der Waals surface area contributed by atoms with E-state index in [4.69, 9.17) is 0 Å². The summed E-state index contributed by atoms with van der Waals surface area (Å²) in [4.78, 5) is 12.1. The normalized spacial score (nSPS) is 10.9. The number of fused-ring (bicyclic) bond motifs is 1. The summed E-state index contributed by atoms with van der Waals surface area (Å²) < 4.78 is 15.3. The quantitative estimate of drug-likeness (QED) is 0.696. The lowest BCUT2D eigenvalue weighted by Crippen LogP contribution is -2.19. The summed E-state index contributed by atoms with van der Waals surface area (Å²) in [7, 11) is 0. The van der Waals surface area contributed by atoms with E-state index in [1.54, 1.807) is 22.8 Å². The number of halogens is 2. The summed E-state index contributed by atoms with van der Waals surface area (Å²) in [5, 5.41) is 1.01. The van der Waals surface area contributed by atoms with Crippen LogP contribution >= 0.6 is 15.9 Å². The fraction of sp³-hybridized carbons (Fsp3) is 0.0625. The maximum absolute atomic E-state index is 13.3. The first-order valence-corrected chi connectivity index (χ1v) is 6.97. The van der Waals surface area contributed by atoms with Crippen molar-refractivity contribution in [1.29, 1.82) is 0 Å². The van der Waals surface area contributed by atoms with Gasteiger partial charge in [-0.15, -0.1) is 0 Å². The molecule has 100 valence electrons. The van der Waals surface area contributed by atoms with Crippen LogP contribution in [0, 0.1) is 5.82 Å². The summed E-state index contributed by atoms with van der Waals surface area (Å²) in [6.45, 7) is 0.416. The average Bonchev–Trinajstić information content (AvgIpc) is 2.46. The number of hydrogen-bond donors (Lipinski definition) is 0. The van der Waals surface area contributed by atoms with Crippen molar-refractivity contribution < 1.29 is 4.39 Å². The summed E-state index contributed by atoms with van der Waals surface area (Å²) in [5.41, 5.74) is 1.68. The van der Waals surface area contributed by atoms with Gasteiger partial charge >= 0.3 is 0 Å². The highest BCUT2D eigenvalue weighted by Crippen LogP contribution is 2.18.